The Morgan fingerprint density at radius 3 is 2.82 bits per heavy atom. The van der Waals surface area contributed by atoms with Gasteiger partial charge in [0.2, 0.25) is 0 Å². The Morgan fingerprint density at radius 1 is 1.41 bits per heavy atom. The van der Waals surface area contributed by atoms with Crippen LogP contribution in [0.15, 0.2) is 23.6 Å². The smallest absolute Gasteiger partial charge is 0.134 e. The van der Waals surface area contributed by atoms with Crippen LogP contribution < -0.4 is 10.1 Å². The van der Waals surface area contributed by atoms with Crippen molar-refractivity contribution in [3.8, 4) is 5.75 Å². The van der Waals surface area contributed by atoms with Gasteiger partial charge in [0.15, 0.2) is 0 Å². The van der Waals surface area contributed by atoms with E-state index in [1.807, 2.05) is 17.5 Å². The minimum absolute atomic E-state index is 0.174. The van der Waals surface area contributed by atoms with Crippen molar-refractivity contribution in [1.29, 1.82) is 0 Å². The van der Waals surface area contributed by atoms with E-state index in [4.69, 9.17) is 16.3 Å². The SMILES string of the molecule is CCNC(c1ccc(Cl)s1)c1sccc1OC. The highest BCUT2D eigenvalue weighted by Crippen LogP contribution is 2.38. The van der Waals surface area contributed by atoms with E-state index in [1.165, 1.54) is 9.75 Å². The molecule has 0 saturated heterocycles. The van der Waals surface area contributed by atoms with Gasteiger partial charge in [-0.3, -0.25) is 0 Å². The van der Waals surface area contributed by atoms with Crippen LogP contribution in [-0.4, -0.2) is 13.7 Å². The summed E-state index contributed by atoms with van der Waals surface area (Å²) in [7, 11) is 1.70. The maximum Gasteiger partial charge on any atom is 0.134 e. The zero-order valence-electron chi connectivity index (χ0n) is 9.70. The van der Waals surface area contributed by atoms with Gasteiger partial charge in [-0.2, -0.15) is 0 Å². The molecule has 0 aliphatic heterocycles. The molecule has 0 bridgehead atoms. The number of halogens is 1. The fourth-order valence-electron chi connectivity index (χ4n) is 1.70. The molecule has 0 saturated carbocycles. The molecule has 0 aromatic carbocycles. The van der Waals surface area contributed by atoms with E-state index < -0.39 is 0 Å². The van der Waals surface area contributed by atoms with Crippen LogP contribution >= 0.6 is 34.3 Å². The Hall–Kier alpha value is -0.550. The predicted octanol–water partition coefficient (Wildman–Crippen LogP) is 4.17. The Labute approximate surface area is 114 Å². The molecule has 0 amide bonds. The van der Waals surface area contributed by atoms with Crippen LogP contribution in [0.25, 0.3) is 0 Å². The van der Waals surface area contributed by atoms with Crippen LogP contribution in [0.2, 0.25) is 4.34 Å². The van der Waals surface area contributed by atoms with Gasteiger partial charge in [0, 0.05) is 4.88 Å². The highest BCUT2D eigenvalue weighted by molar-refractivity contribution is 7.16. The summed E-state index contributed by atoms with van der Waals surface area (Å²) in [6.07, 6.45) is 0. The maximum atomic E-state index is 6.00. The number of ether oxygens (including phenoxy) is 1. The van der Waals surface area contributed by atoms with Gasteiger partial charge in [-0.15, -0.1) is 22.7 Å². The second kappa shape index (κ2) is 5.87. The summed E-state index contributed by atoms with van der Waals surface area (Å²) < 4.78 is 6.20. The minimum Gasteiger partial charge on any atom is -0.496 e. The van der Waals surface area contributed by atoms with Crippen molar-refractivity contribution < 1.29 is 4.74 Å². The van der Waals surface area contributed by atoms with Crippen LogP contribution in [0.1, 0.15) is 22.7 Å². The number of methoxy groups -OCH3 is 1. The summed E-state index contributed by atoms with van der Waals surface area (Å²) in [5, 5.41) is 5.52. The molecule has 17 heavy (non-hydrogen) atoms. The largest absolute Gasteiger partial charge is 0.496 e. The molecule has 2 nitrogen and oxygen atoms in total. The topological polar surface area (TPSA) is 21.3 Å². The number of rotatable bonds is 5. The molecule has 92 valence electrons. The Kier molecular flexibility index (Phi) is 4.45. The third kappa shape index (κ3) is 2.83. The summed E-state index contributed by atoms with van der Waals surface area (Å²) in [4.78, 5) is 2.42. The summed E-state index contributed by atoms with van der Waals surface area (Å²) >= 11 is 9.31. The second-order valence-corrected chi connectivity index (χ2v) is 6.18. The third-order valence-electron chi connectivity index (χ3n) is 2.43. The average molecular weight is 288 g/mol. The molecule has 1 atom stereocenters. The molecule has 0 aliphatic carbocycles. The molecule has 0 aliphatic rings. The molecule has 1 N–H and O–H groups in total. The maximum absolute atomic E-state index is 6.00. The first-order valence-electron chi connectivity index (χ1n) is 5.36. The van der Waals surface area contributed by atoms with E-state index in [2.05, 4.69) is 18.3 Å². The normalized spacial score (nSPS) is 12.6. The predicted molar refractivity (Wildman–Crippen MR) is 75.7 cm³/mol. The van der Waals surface area contributed by atoms with E-state index in [9.17, 15) is 0 Å². The molecular weight excluding hydrogens is 274 g/mol. The summed E-state index contributed by atoms with van der Waals surface area (Å²) in [5.74, 6) is 0.936. The first-order chi connectivity index (χ1) is 8.26. The Balaban J connectivity index is 2.35. The Morgan fingerprint density at radius 2 is 2.24 bits per heavy atom. The second-order valence-electron chi connectivity index (χ2n) is 3.49. The van der Waals surface area contributed by atoms with Gasteiger partial charge >= 0.3 is 0 Å². The quantitative estimate of drug-likeness (QED) is 0.891. The fourth-order valence-corrected chi connectivity index (χ4v) is 3.87. The molecule has 5 heteroatoms. The lowest BCUT2D eigenvalue weighted by atomic mass is 10.2. The van der Waals surface area contributed by atoms with Crippen molar-refractivity contribution in [3.63, 3.8) is 0 Å². The van der Waals surface area contributed by atoms with Crippen molar-refractivity contribution in [1.82, 2.24) is 5.32 Å². The third-order valence-corrected chi connectivity index (χ3v) is 4.69. The number of hydrogen-bond donors (Lipinski definition) is 1. The van der Waals surface area contributed by atoms with Gasteiger partial charge in [0.05, 0.1) is 22.4 Å². The lowest BCUT2D eigenvalue weighted by Crippen LogP contribution is -2.20. The average Bonchev–Trinajstić information content (AvgIpc) is 2.94. The standard InChI is InChI=1S/C12H14ClNOS2/c1-3-14-11(9-4-5-10(13)17-9)12-8(15-2)6-7-16-12/h4-7,11,14H,3H2,1-2H3. The van der Waals surface area contributed by atoms with E-state index in [0.29, 0.717) is 0 Å². The van der Waals surface area contributed by atoms with Crippen LogP contribution in [0, 0.1) is 0 Å². The van der Waals surface area contributed by atoms with Crippen LogP contribution in [-0.2, 0) is 0 Å². The zero-order valence-corrected chi connectivity index (χ0v) is 12.1. The minimum atomic E-state index is 0.174. The first kappa shape index (κ1) is 12.9. The van der Waals surface area contributed by atoms with Crippen LogP contribution in [0.3, 0.4) is 0 Å². The molecule has 2 aromatic heterocycles. The molecule has 2 aromatic rings. The number of hydrogen-bond acceptors (Lipinski definition) is 4. The van der Waals surface area contributed by atoms with Crippen molar-refractivity contribution in [2.75, 3.05) is 13.7 Å². The van der Waals surface area contributed by atoms with E-state index >= 15 is 0 Å². The van der Waals surface area contributed by atoms with Gasteiger partial charge < -0.3 is 10.1 Å². The molecule has 2 rings (SSSR count). The number of thiophene rings is 2. The zero-order chi connectivity index (χ0) is 12.3. The lowest BCUT2D eigenvalue weighted by molar-refractivity contribution is 0.408. The summed E-state index contributed by atoms with van der Waals surface area (Å²) in [5.41, 5.74) is 0. The lowest BCUT2D eigenvalue weighted by Gasteiger charge is -2.16. The molecule has 0 radical (unpaired) electrons. The van der Waals surface area contributed by atoms with Crippen LogP contribution in [0.5, 0.6) is 5.75 Å². The van der Waals surface area contributed by atoms with E-state index in [1.54, 1.807) is 29.8 Å². The summed E-state index contributed by atoms with van der Waals surface area (Å²) in [6.45, 7) is 3.00. The molecule has 1 unspecified atom stereocenters. The van der Waals surface area contributed by atoms with E-state index in [-0.39, 0.29) is 6.04 Å². The Bertz CT molecular complexity index is 480. The van der Waals surface area contributed by atoms with E-state index in [0.717, 1.165) is 16.6 Å². The highest BCUT2D eigenvalue weighted by atomic mass is 35.5. The molecule has 2 heterocycles. The number of nitrogens with one attached hydrogen (secondary N) is 1. The van der Waals surface area contributed by atoms with Crippen molar-refractivity contribution in [3.05, 3.63) is 37.7 Å². The van der Waals surface area contributed by atoms with Gasteiger partial charge in [-0.25, -0.2) is 0 Å². The first-order valence-corrected chi connectivity index (χ1v) is 7.43. The van der Waals surface area contributed by atoms with Gasteiger partial charge in [0.1, 0.15) is 5.75 Å². The van der Waals surface area contributed by atoms with Crippen LogP contribution in [0.4, 0.5) is 0 Å². The molecule has 0 spiro atoms. The monoisotopic (exact) mass is 287 g/mol. The van der Waals surface area contributed by atoms with Crippen molar-refractivity contribution in [2.24, 2.45) is 0 Å². The van der Waals surface area contributed by atoms with Gasteiger partial charge in [-0.05, 0) is 30.1 Å². The molecule has 0 fully saturated rings. The van der Waals surface area contributed by atoms with Crippen molar-refractivity contribution >= 4 is 34.3 Å². The van der Waals surface area contributed by atoms with Gasteiger partial charge in [-0.1, -0.05) is 18.5 Å². The molecular formula is C12H14ClNOS2. The highest BCUT2D eigenvalue weighted by Gasteiger charge is 2.20. The van der Waals surface area contributed by atoms with Crippen molar-refractivity contribution in [2.45, 2.75) is 13.0 Å². The van der Waals surface area contributed by atoms with Gasteiger partial charge in [0.25, 0.3) is 0 Å². The fraction of sp³-hybridized carbons (Fsp3) is 0.333. The summed E-state index contributed by atoms with van der Waals surface area (Å²) in [6, 6.07) is 6.18.